The molecule has 0 fully saturated rings. The quantitative estimate of drug-likeness (QED) is 0.534. The van der Waals surface area contributed by atoms with Gasteiger partial charge >= 0.3 is 0 Å². The van der Waals surface area contributed by atoms with Crippen molar-refractivity contribution in [2.45, 2.75) is 51.3 Å². The van der Waals surface area contributed by atoms with Gasteiger partial charge in [0.15, 0.2) is 0 Å². The minimum absolute atomic E-state index is 0.336. The van der Waals surface area contributed by atoms with E-state index in [9.17, 15) is 8.42 Å². The molecule has 0 bridgehead atoms. The molecule has 0 unspecified atom stereocenters. The van der Waals surface area contributed by atoms with Crippen molar-refractivity contribution in [3.05, 3.63) is 77.6 Å². The second-order valence-corrected chi connectivity index (χ2v) is 8.76. The largest absolute Gasteiger partial charge is 0.267 e. The molecule has 1 aromatic heterocycles. The summed E-state index contributed by atoms with van der Waals surface area (Å²) >= 11 is 0. The molecule has 0 saturated heterocycles. The van der Waals surface area contributed by atoms with E-state index < -0.39 is 10.0 Å². The van der Waals surface area contributed by atoms with E-state index in [-0.39, 0.29) is 0 Å². The van der Waals surface area contributed by atoms with Crippen LogP contribution in [0, 0.1) is 6.92 Å². The van der Waals surface area contributed by atoms with Crippen molar-refractivity contribution in [2.75, 3.05) is 0 Å². The number of rotatable bonds is 7. The molecule has 0 N–H and O–H groups in total. The van der Waals surface area contributed by atoms with Crippen LogP contribution in [0.25, 0.3) is 11.1 Å². The highest BCUT2D eigenvalue weighted by molar-refractivity contribution is 7.90. The van der Waals surface area contributed by atoms with Crippen molar-refractivity contribution >= 4 is 10.0 Å². The van der Waals surface area contributed by atoms with Crippen LogP contribution in [0.1, 0.15) is 43.5 Å². The van der Waals surface area contributed by atoms with Gasteiger partial charge in [0, 0.05) is 17.5 Å². The molecule has 0 amide bonds. The van der Waals surface area contributed by atoms with Gasteiger partial charge in [0.1, 0.15) is 0 Å². The monoisotopic (exact) mass is 381 g/mol. The summed E-state index contributed by atoms with van der Waals surface area (Å²) in [6.45, 7) is 6.19. The molecule has 3 nitrogen and oxygen atoms in total. The molecule has 0 radical (unpaired) electrons. The SMILES string of the molecule is CCCc1c(-c2ccccc2)cn(S(=O)(=O)c2ccc(C)cc2)c1CCC. The highest BCUT2D eigenvalue weighted by Gasteiger charge is 2.25. The fourth-order valence-electron chi connectivity index (χ4n) is 3.49. The van der Waals surface area contributed by atoms with E-state index in [1.54, 1.807) is 12.1 Å². The third-order valence-corrected chi connectivity index (χ3v) is 6.55. The van der Waals surface area contributed by atoms with Crippen LogP contribution in [0.2, 0.25) is 0 Å². The summed E-state index contributed by atoms with van der Waals surface area (Å²) in [5.74, 6) is 0. The van der Waals surface area contributed by atoms with Crippen LogP contribution in [0.15, 0.2) is 65.7 Å². The van der Waals surface area contributed by atoms with Crippen molar-refractivity contribution < 1.29 is 8.42 Å². The topological polar surface area (TPSA) is 39.1 Å². The van der Waals surface area contributed by atoms with Crippen molar-refractivity contribution in [2.24, 2.45) is 0 Å². The van der Waals surface area contributed by atoms with Crippen LogP contribution < -0.4 is 0 Å². The molecule has 0 spiro atoms. The summed E-state index contributed by atoms with van der Waals surface area (Å²) in [6, 6.07) is 17.2. The molecular formula is C23H27NO2S. The van der Waals surface area contributed by atoms with Crippen LogP contribution in [0.4, 0.5) is 0 Å². The number of aryl methyl sites for hydroxylation is 1. The lowest BCUT2D eigenvalue weighted by Gasteiger charge is -2.12. The Balaban J connectivity index is 2.24. The lowest BCUT2D eigenvalue weighted by Crippen LogP contribution is -2.15. The molecule has 3 rings (SSSR count). The van der Waals surface area contributed by atoms with Gasteiger partial charge in [0.05, 0.1) is 4.90 Å². The first-order valence-corrected chi connectivity index (χ1v) is 11.0. The zero-order valence-corrected chi connectivity index (χ0v) is 17.1. The zero-order valence-electron chi connectivity index (χ0n) is 16.3. The van der Waals surface area contributed by atoms with Gasteiger partial charge in [-0.1, -0.05) is 74.7 Å². The third kappa shape index (κ3) is 3.86. The Labute approximate surface area is 162 Å². The fraction of sp³-hybridized carbons (Fsp3) is 0.304. The maximum atomic E-state index is 13.4. The van der Waals surface area contributed by atoms with Crippen molar-refractivity contribution in [3.63, 3.8) is 0 Å². The Morgan fingerprint density at radius 1 is 0.852 bits per heavy atom. The highest BCUT2D eigenvalue weighted by Crippen LogP contribution is 2.32. The van der Waals surface area contributed by atoms with Crippen LogP contribution in [0.5, 0.6) is 0 Å². The van der Waals surface area contributed by atoms with Gasteiger partial charge in [-0.15, -0.1) is 0 Å². The first-order valence-electron chi connectivity index (χ1n) is 9.59. The molecular weight excluding hydrogens is 354 g/mol. The summed E-state index contributed by atoms with van der Waals surface area (Å²) in [5.41, 5.74) is 5.21. The van der Waals surface area contributed by atoms with E-state index in [0.717, 1.165) is 53.6 Å². The van der Waals surface area contributed by atoms with Gasteiger partial charge in [-0.05, 0) is 43.0 Å². The summed E-state index contributed by atoms with van der Waals surface area (Å²) in [7, 11) is -3.62. The van der Waals surface area contributed by atoms with Crippen LogP contribution >= 0.6 is 0 Å². The standard InChI is InChI=1S/C23H27NO2S/c1-4-9-21-22(19-11-7-6-8-12-19)17-24(23(21)10-5-2)27(25,26)20-15-13-18(3)14-16-20/h6-8,11-17H,4-5,9-10H2,1-3H3. The molecule has 0 saturated carbocycles. The highest BCUT2D eigenvalue weighted by atomic mass is 32.2. The van der Waals surface area contributed by atoms with Crippen LogP contribution in [0.3, 0.4) is 0 Å². The maximum Gasteiger partial charge on any atom is 0.267 e. The Hall–Kier alpha value is -2.33. The molecule has 2 aromatic carbocycles. The molecule has 0 aliphatic heterocycles. The van der Waals surface area contributed by atoms with E-state index in [2.05, 4.69) is 13.8 Å². The Bertz CT molecular complexity index is 1000. The van der Waals surface area contributed by atoms with Gasteiger partial charge < -0.3 is 0 Å². The number of hydrogen-bond donors (Lipinski definition) is 0. The van der Waals surface area contributed by atoms with Crippen LogP contribution in [-0.4, -0.2) is 12.4 Å². The molecule has 0 aliphatic carbocycles. The second-order valence-electron chi connectivity index (χ2n) is 6.95. The molecule has 1 heterocycles. The molecule has 3 aromatic rings. The smallest absolute Gasteiger partial charge is 0.245 e. The number of nitrogens with zero attached hydrogens (tertiary/aromatic N) is 1. The predicted molar refractivity (Wildman–Crippen MR) is 112 cm³/mol. The summed E-state index contributed by atoms with van der Waals surface area (Å²) in [4.78, 5) is 0.336. The first-order chi connectivity index (χ1) is 13.0. The van der Waals surface area contributed by atoms with E-state index in [0.29, 0.717) is 4.90 Å². The van der Waals surface area contributed by atoms with Gasteiger partial charge in [0.25, 0.3) is 10.0 Å². The lowest BCUT2D eigenvalue weighted by molar-refractivity contribution is 0.584. The van der Waals surface area contributed by atoms with Gasteiger partial charge in [-0.3, -0.25) is 0 Å². The van der Waals surface area contributed by atoms with Gasteiger partial charge in [0.2, 0.25) is 0 Å². The number of hydrogen-bond acceptors (Lipinski definition) is 2. The minimum Gasteiger partial charge on any atom is -0.245 e. The Morgan fingerprint density at radius 3 is 2.07 bits per heavy atom. The van der Waals surface area contributed by atoms with Crippen molar-refractivity contribution in [3.8, 4) is 11.1 Å². The average molecular weight is 382 g/mol. The van der Waals surface area contributed by atoms with Gasteiger partial charge in [-0.25, -0.2) is 12.4 Å². The molecule has 142 valence electrons. The lowest BCUT2D eigenvalue weighted by atomic mass is 9.98. The number of aromatic nitrogens is 1. The minimum atomic E-state index is -3.62. The summed E-state index contributed by atoms with van der Waals surface area (Å²) < 4.78 is 28.3. The zero-order chi connectivity index (χ0) is 19.4. The molecule has 27 heavy (non-hydrogen) atoms. The van der Waals surface area contributed by atoms with E-state index in [1.807, 2.05) is 55.6 Å². The number of benzene rings is 2. The van der Waals surface area contributed by atoms with E-state index >= 15 is 0 Å². The predicted octanol–water partition coefficient (Wildman–Crippen LogP) is 5.61. The van der Waals surface area contributed by atoms with Gasteiger partial charge in [-0.2, -0.15) is 0 Å². The van der Waals surface area contributed by atoms with Crippen molar-refractivity contribution in [1.29, 1.82) is 0 Å². The normalized spacial score (nSPS) is 11.7. The molecule has 4 heteroatoms. The van der Waals surface area contributed by atoms with E-state index in [1.165, 1.54) is 3.97 Å². The average Bonchev–Trinajstić information content (AvgIpc) is 3.03. The third-order valence-electron chi connectivity index (χ3n) is 4.84. The van der Waals surface area contributed by atoms with Crippen LogP contribution in [-0.2, 0) is 22.9 Å². The molecule has 0 atom stereocenters. The Morgan fingerprint density at radius 2 is 1.48 bits per heavy atom. The summed E-state index contributed by atoms with van der Waals surface area (Å²) in [5, 5.41) is 0. The second kappa shape index (κ2) is 8.13. The fourth-order valence-corrected chi connectivity index (χ4v) is 4.94. The summed E-state index contributed by atoms with van der Waals surface area (Å²) in [6.07, 6.45) is 5.31. The van der Waals surface area contributed by atoms with Crippen molar-refractivity contribution in [1.82, 2.24) is 3.97 Å². The van der Waals surface area contributed by atoms with E-state index in [4.69, 9.17) is 0 Å². The maximum absolute atomic E-state index is 13.4. The first kappa shape index (κ1) is 19.4. The molecule has 0 aliphatic rings. The Kier molecular flexibility index (Phi) is 5.85.